The van der Waals surface area contributed by atoms with Crippen LogP contribution in [0.15, 0.2) is 0 Å². The van der Waals surface area contributed by atoms with E-state index in [9.17, 15) is 0 Å². The molecule has 0 aromatic rings. The van der Waals surface area contributed by atoms with E-state index in [0.717, 1.165) is 0 Å². The lowest BCUT2D eigenvalue weighted by Crippen LogP contribution is -2.13. The summed E-state index contributed by atoms with van der Waals surface area (Å²) in [5.41, 5.74) is 0. The van der Waals surface area contributed by atoms with Gasteiger partial charge in [-0.3, -0.25) is 0 Å². The zero-order valence-electron chi connectivity index (χ0n) is 7.45. The van der Waals surface area contributed by atoms with Gasteiger partial charge in [0.05, 0.1) is 0 Å². The SMILES string of the molecule is CC(C)=ICCCN(C)C. The highest BCUT2D eigenvalue weighted by Crippen LogP contribution is 2.02. The van der Waals surface area contributed by atoms with Gasteiger partial charge in [0.15, 0.2) is 0 Å². The molecule has 0 aromatic carbocycles. The molecule has 0 aliphatic rings. The number of alkyl halides is 1. The monoisotopic (exact) mass is 255 g/mol. The van der Waals surface area contributed by atoms with Crippen molar-refractivity contribution in [2.45, 2.75) is 20.3 Å². The maximum Gasteiger partial charge on any atom is -0.00177 e. The summed E-state index contributed by atoms with van der Waals surface area (Å²) in [4.78, 5) is 2.26. The molecule has 0 saturated carbocycles. The number of rotatable bonds is 4. The molecule has 0 atom stereocenters. The molecule has 0 saturated heterocycles. The van der Waals surface area contributed by atoms with Crippen LogP contribution in [0.4, 0.5) is 0 Å². The Kier molecular flexibility index (Phi) is 6.63. The number of hydrogen-bond acceptors (Lipinski definition) is 1. The lowest BCUT2D eigenvalue weighted by molar-refractivity contribution is 0.411. The summed E-state index contributed by atoms with van der Waals surface area (Å²) in [6.07, 6.45) is 1.38. The van der Waals surface area contributed by atoms with Crippen molar-refractivity contribution >= 4 is 24.2 Å². The standard InChI is InChI=1S/C8H18IN/c1-8(2)9-6-5-7-10(3)4/h5-7H2,1-4H3. The fraction of sp³-hybridized carbons (Fsp3) is 0.875. The van der Waals surface area contributed by atoms with Crippen molar-refractivity contribution in [1.29, 1.82) is 0 Å². The number of hydrogen-bond donors (Lipinski definition) is 0. The first-order valence-corrected chi connectivity index (χ1v) is 6.27. The summed E-state index contributed by atoms with van der Waals surface area (Å²) in [5, 5.41) is 0. The van der Waals surface area contributed by atoms with Gasteiger partial charge in [-0.05, 0) is 48.8 Å². The topological polar surface area (TPSA) is 3.24 Å². The van der Waals surface area contributed by atoms with Crippen molar-refractivity contribution in [3.8, 4) is 0 Å². The average molecular weight is 255 g/mol. The second kappa shape index (κ2) is 6.28. The van der Waals surface area contributed by atoms with E-state index in [-0.39, 0.29) is 0 Å². The Morgan fingerprint density at radius 3 is 2.30 bits per heavy atom. The molecular formula is C8H18IN. The molecule has 1 nitrogen and oxygen atoms in total. The Bertz CT molecular complexity index is 104. The highest BCUT2D eigenvalue weighted by atomic mass is 127. The summed E-state index contributed by atoms with van der Waals surface area (Å²) in [6.45, 7) is 5.76. The third kappa shape index (κ3) is 8.56. The first-order valence-electron chi connectivity index (χ1n) is 3.67. The molecule has 0 aliphatic heterocycles. The van der Waals surface area contributed by atoms with E-state index in [1.165, 1.54) is 17.4 Å². The predicted molar refractivity (Wildman–Crippen MR) is 58.4 cm³/mol. The van der Waals surface area contributed by atoms with Crippen LogP contribution < -0.4 is 0 Å². The van der Waals surface area contributed by atoms with Crippen LogP contribution in [0.25, 0.3) is 0 Å². The van der Waals surface area contributed by atoms with Gasteiger partial charge in [-0.2, -0.15) is 0 Å². The third-order valence-corrected chi connectivity index (χ3v) is 3.93. The molecule has 0 aromatic heterocycles. The Labute approximate surface area is 74.5 Å². The summed E-state index contributed by atoms with van der Waals surface area (Å²) < 4.78 is 3.12. The van der Waals surface area contributed by atoms with E-state index < -0.39 is 0 Å². The Hall–Kier alpha value is 0.560. The molecule has 10 heavy (non-hydrogen) atoms. The minimum atomic E-state index is 0.423. The van der Waals surface area contributed by atoms with Crippen molar-refractivity contribution in [3.05, 3.63) is 0 Å². The molecule has 0 aliphatic carbocycles. The molecular weight excluding hydrogens is 237 g/mol. The predicted octanol–water partition coefficient (Wildman–Crippen LogP) is 2.12. The van der Waals surface area contributed by atoms with Gasteiger partial charge in [0.25, 0.3) is 0 Å². The van der Waals surface area contributed by atoms with Gasteiger partial charge < -0.3 is 4.90 Å². The quantitative estimate of drug-likeness (QED) is 0.422. The van der Waals surface area contributed by atoms with Crippen LogP contribution in [0.5, 0.6) is 0 Å². The minimum Gasteiger partial charge on any atom is -0.309 e. The van der Waals surface area contributed by atoms with E-state index in [4.69, 9.17) is 0 Å². The Morgan fingerprint density at radius 1 is 1.30 bits per heavy atom. The van der Waals surface area contributed by atoms with E-state index in [1.807, 2.05) is 0 Å². The molecule has 0 spiro atoms. The fourth-order valence-corrected chi connectivity index (χ4v) is 2.43. The molecule has 0 unspecified atom stereocenters. The molecule has 0 bridgehead atoms. The second-order valence-corrected chi connectivity index (χ2v) is 6.86. The summed E-state index contributed by atoms with van der Waals surface area (Å²) in [6, 6.07) is 0. The fourth-order valence-electron chi connectivity index (χ4n) is 0.632. The number of nitrogens with zero attached hydrogens (tertiary/aromatic N) is 1. The first kappa shape index (κ1) is 10.6. The van der Waals surface area contributed by atoms with Gasteiger partial charge in [-0.25, -0.2) is 0 Å². The van der Waals surface area contributed by atoms with Gasteiger partial charge in [0.2, 0.25) is 0 Å². The molecule has 0 heterocycles. The highest BCUT2D eigenvalue weighted by molar-refractivity contribution is 14.2. The van der Waals surface area contributed by atoms with Crippen LogP contribution in [0.1, 0.15) is 20.3 Å². The first-order chi connectivity index (χ1) is 4.63. The van der Waals surface area contributed by atoms with Crippen LogP contribution in [0.2, 0.25) is 0 Å². The maximum atomic E-state index is 2.26. The van der Waals surface area contributed by atoms with Crippen LogP contribution in [-0.4, -0.2) is 33.5 Å². The lowest BCUT2D eigenvalue weighted by Gasteiger charge is -2.06. The van der Waals surface area contributed by atoms with Crippen LogP contribution >= 0.6 is 20.7 Å². The van der Waals surface area contributed by atoms with Crippen molar-refractivity contribution in [2.75, 3.05) is 25.1 Å². The lowest BCUT2D eigenvalue weighted by atomic mass is 10.5. The van der Waals surface area contributed by atoms with Crippen molar-refractivity contribution in [1.82, 2.24) is 4.90 Å². The van der Waals surface area contributed by atoms with E-state index >= 15 is 0 Å². The third-order valence-electron chi connectivity index (χ3n) is 1.10. The van der Waals surface area contributed by atoms with Crippen molar-refractivity contribution in [3.63, 3.8) is 0 Å². The zero-order valence-corrected chi connectivity index (χ0v) is 9.60. The normalized spacial score (nSPS) is 10.5. The van der Waals surface area contributed by atoms with E-state index in [1.54, 1.807) is 3.51 Å². The molecule has 0 radical (unpaired) electrons. The minimum absolute atomic E-state index is 0.423. The van der Waals surface area contributed by atoms with Gasteiger partial charge in [0.1, 0.15) is 0 Å². The number of halogens is 1. The van der Waals surface area contributed by atoms with Gasteiger partial charge in [0, 0.05) is 0 Å². The van der Waals surface area contributed by atoms with Crippen molar-refractivity contribution < 1.29 is 0 Å². The highest BCUT2D eigenvalue weighted by Gasteiger charge is 1.87. The van der Waals surface area contributed by atoms with Crippen LogP contribution in [-0.2, 0) is 0 Å². The second-order valence-electron chi connectivity index (χ2n) is 2.86. The van der Waals surface area contributed by atoms with Crippen LogP contribution in [0, 0.1) is 0 Å². The Morgan fingerprint density at radius 2 is 1.90 bits per heavy atom. The summed E-state index contributed by atoms with van der Waals surface area (Å²) in [5.74, 6) is 0. The van der Waals surface area contributed by atoms with Crippen LogP contribution in [0.3, 0.4) is 0 Å². The molecule has 0 fully saturated rings. The molecule has 62 valence electrons. The molecule has 0 N–H and O–H groups in total. The van der Waals surface area contributed by atoms with Gasteiger partial charge in [-0.1, -0.05) is 0 Å². The zero-order chi connectivity index (χ0) is 7.98. The summed E-state index contributed by atoms with van der Waals surface area (Å²) >= 11 is 0.423. The Balaban J connectivity index is 3.13. The van der Waals surface area contributed by atoms with E-state index in [2.05, 4.69) is 32.8 Å². The average Bonchev–Trinajstić information content (AvgIpc) is 1.79. The van der Waals surface area contributed by atoms with Gasteiger partial charge in [-0.15, -0.1) is 20.7 Å². The molecule has 0 amide bonds. The summed E-state index contributed by atoms with van der Waals surface area (Å²) in [7, 11) is 4.28. The maximum absolute atomic E-state index is 2.26. The molecule has 2 heteroatoms. The smallest absolute Gasteiger partial charge is 0.00177 e. The van der Waals surface area contributed by atoms with Crippen molar-refractivity contribution in [2.24, 2.45) is 0 Å². The largest absolute Gasteiger partial charge is 0.309 e. The van der Waals surface area contributed by atoms with Gasteiger partial charge >= 0.3 is 0 Å². The van der Waals surface area contributed by atoms with E-state index in [0.29, 0.717) is 20.7 Å². The molecule has 0 rings (SSSR count).